The predicted molar refractivity (Wildman–Crippen MR) is 137 cm³/mol. The minimum atomic E-state index is 0.119. The molecule has 0 bridgehead atoms. The zero-order chi connectivity index (χ0) is 21.5. The van der Waals surface area contributed by atoms with Crippen LogP contribution in [0.25, 0.3) is 22.3 Å². The van der Waals surface area contributed by atoms with Gasteiger partial charge >= 0.3 is 6.85 Å². The summed E-state index contributed by atoms with van der Waals surface area (Å²) in [5.41, 5.74) is 13.8. The number of hydrogen-bond donors (Lipinski definition) is 0. The van der Waals surface area contributed by atoms with Crippen LogP contribution in [0, 0.1) is 0 Å². The van der Waals surface area contributed by atoms with Crippen LogP contribution in [0.15, 0.2) is 109 Å². The van der Waals surface area contributed by atoms with E-state index in [1.807, 2.05) is 12.4 Å². The van der Waals surface area contributed by atoms with E-state index < -0.39 is 0 Å². The Hall–Kier alpha value is -4.31. The second-order valence-corrected chi connectivity index (χ2v) is 8.84. The van der Waals surface area contributed by atoms with Crippen LogP contribution in [0.5, 0.6) is 0 Å². The van der Waals surface area contributed by atoms with Crippen LogP contribution in [-0.2, 0) is 0 Å². The van der Waals surface area contributed by atoms with E-state index in [0.29, 0.717) is 0 Å². The second kappa shape index (κ2) is 6.14. The summed E-state index contributed by atoms with van der Waals surface area (Å²) >= 11 is 0. The van der Waals surface area contributed by atoms with Crippen molar-refractivity contribution in [2.45, 2.75) is 0 Å². The van der Waals surface area contributed by atoms with Crippen molar-refractivity contribution in [1.82, 2.24) is 4.98 Å². The van der Waals surface area contributed by atoms with Crippen LogP contribution < -0.4 is 20.6 Å². The van der Waals surface area contributed by atoms with Crippen LogP contribution in [0.1, 0.15) is 0 Å². The Morgan fingerprint density at radius 1 is 0.485 bits per heavy atom. The fourth-order valence-corrected chi connectivity index (χ4v) is 6.03. The minimum Gasteiger partial charge on any atom is -0.376 e. The molecule has 3 nitrogen and oxygen atoms in total. The Morgan fingerprint density at radius 2 is 1.09 bits per heavy atom. The third kappa shape index (κ3) is 2.08. The van der Waals surface area contributed by atoms with Crippen molar-refractivity contribution in [1.29, 1.82) is 0 Å². The molecule has 0 saturated carbocycles. The lowest BCUT2D eigenvalue weighted by Gasteiger charge is -2.48. The van der Waals surface area contributed by atoms with Gasteiger partial charge in [0.2, 0.25) is 0 Å². The summed E-state index contributed by atoms with van der Waals surface area (Å²) in [6.07, 6.45) is 4.08. The van der Waals surface area contributed by atoms with E-state index in [9.17, 15) is 0 Å². The first kappa shape index (κ1) is 17.3. The molecule has 0 N–H and O–H groups in total. The number of rotatable bonds is 1. The van der Waals surface area contributed by atoms with Crippen molar-refractivity contribution in [3.8, 4) is 22.3 Å². The molecular formula is C29H18BN3. The number of aromatic nitrogens is 1. The predicted octanol–water partition coefficient (Wildman–Crippen LogP) is 5.77. The van der Waals surface area contributed by atoms with Crippen molar-refractivity contribution < 1.29 is 0 Å². The second-order valence-electron chi connectivity index (χ2n) is 8.84. The first-order valence-electron chi connectivity index (χ1n) is 11.4. The summed E-state index contributed by atoms with van der Waals surface area (Å²) in [6.45, 7) is 0.119. The van der Waals surface area contributed by atoms with Crippen molar-refractivity contribution in [2.75, 3.05) is 9.71 Å². The van der Waals surface area contributed by atoms with Crippen molar-refractivity contribution in [3.63, 3.8) is 0 Å². The molecular weight excluding hydrogens is 401 g/mol. The van der Waals surface area contributed by atoms with Crippen LogP contribution in [-0.4, -0.2) is 11.8 Å². The van der Waals surface area contributed by atoms with Crippen LogP contribution >= 0.6 is 0 Å². The lowest BCUT2D eigenvalue weighted by molar-refractivity contribution is 1.22. The largest absolute Gasteiger partial charge is 0.376 e. The molecule has 4 heteroatoms. The molecule has 33 heavy (non-hydrogen) atoms. The van der Waals surface area contributed by atoms with E-state index in [1.165, 1.54) is 50.2 Å². The van der Waals surface area contributed by atoms with E-state index in [1.54, 1.807) is 0 Å². The Kier molecular flexibility index (Phi) is 3.21. The number of fused-ring (bicyclic) bond motifs is 6. The van der Waals surface area contributed by atoms with Crippen LogP contribution in [0.2, 0.25) is 0 Å². The van der Waals surface area contributed by atoms with Crippen molar-refractivity contribution in [2.24, 2.45) is 0 Å². The zero-order valence-corrected chi connectivity index (χ0v) is 17.8. The summed E-state index contributed by atoms with van der Waals surface area (Å²) < 4.78 is 0. The van der Waals surface area contributed by atoms with Gasteiger partial charge in [0.1, 0.15) is 0 Å². The van der Waals surface area contributed by atoms with Crippen LogP contribution in [0.3, 0.4) is 0 Å². The van der Waals surface area contributed by atoms with Gasteiger partial charge in [0.15, 0.2) is 0 Å². The number of anilines is 5. The molecule has 0 atom stereocenters. The van der Waals surface area contributed by atoms with E-state index >= 15 is 0 Å². The molecule has 4 heterocycles. The fraction of sp³-hybridized carbons (Fsp3) is 0. The standard InChI is InChI=1S/C29H18BN3/c1-2-9-19(10-3-1)32-26-16-8-13-22-20-11-4-6-14-24(20)33-25-15-7-5-12-21(25)23-17-31-18-27(32)29(23)30(33)28(22)26/h1-18H. The lowest BCUT2D eigenvalue weighted by atomic mass is 9.41. The molecule has 1 aromatic heterocycles. The molecule has 5 aromatic rings. The molecule has 0 unspecified atom stereocenters. The summed E-state index contributed by atoms with van der Waals surface area (Å²) in [7, 11) is 0. The van der Waals surface area contributed by atoms with Crippen molar-refractivity contribution in [3.05, 3.63) is 109 Å². The third-order valence-corrected chi connectivity index (χ3v) is 7.26. The van der Waals surface area contributed by atoms with Gasteiger partial charge in [-0.3, -0.25) is 4.98 Å². The minimum absolute atomic E-state index is 0.119. The van der Waals surface area contributed by atoms with Gasteiger partial charge in [0.25, 0.3) is 0 Å². The van der Waals surface area contributed by atoms with Gasteiger partial charge in [-0.2, -0.15) is 0 Å². The fourth-order valence-electron chi connectivity index (χ4n) is 6.03. The first-order chi connectivity index (χ1) is 16.4. The molecule has 3 aliphatic heterocycles. The molecule has 4 aromatic carbocycles. The lowest BCUT2D eigenvalue weighted by Crippen LogP contribution is -2.63. The number of para-hydroxylation sites is 3. The summed E-state index contributed by atoms with van der Waals surface area (Å²) in [4.78, 5) is 9.67. The smallest absolute Gasteiger partial charge is 0.333 e. The quantitative estimate of drug-likeness (QED) is 0.322. The topological polar surface area (TPSA) is 19.4 Å². The normalized spacial score (nSPS) is 13.9. The highest BCUT2D eigenvalue weighted by atomic mass is 15.2. The van der Waals surface area contributed by atoms with Gasteiger partial charge in [-0.05, 0) is 46.8 Å². The number of hydrogen-bond acceptors (Lipinski definition) is 3. The number of nitrogens with zero attached hydrogens (tertiary/aromatic N) is 3. The molecule has 0 aliphatic carbocycles. The molecule has 0 spiro atoms. The van der Waals surface area contributed by atoms with Gasteiger partial charge in [0, 0.05) is 45.6 Å². The zero-order valence-electron chi connectivity index (χ0n) is 17.8. The van der Waals surface area contributed by atoms with Crippen molar-refractivity contribution >= 4 is 46.2 Å². The Bertz CT molecular complexity index is 1500. The monoisotopic (exact) mass is 419 g/mol. The highest BCUT2D eigenvalue weighted by Gasteiger charge is 2.48. The van der Waals surface area contributed by atoms with Gasteiger partial charge in [-0.15, -0.1) is 0 Å². The van der Waals surface area contributed by atoms with Gasteiger partial charge in [-0.1, -0.05) is 66.7 Å². The summed E-state index contributed by atoms with van der Waals surface area (Å²) in [5, 5.41) is 0. The van der Waals surface area contributed by atoms with E-state index in [0.717, 1.165) is 11.4 Å². The molecule has 0 radical (unpaired) electrons. The average Bonchev–Trinajstić information content (AvgIpc) is 2.89. The summed E-state index contributed by atoms with van der Waals surface area (Å²) in [6, 6.07) is 35.0. The highest BCUT2D eigenvalue weighted by molar-refractivity contribution is 6.95. The van der Waals surface area contributed by atoms with E-state index in [-0.39, 0.29) is 6.85 Å². The van der Waals surface area contributed by atoms with Crippen LogP contribution in [0.4, 0.5) is 28.4 Å². The van der Waals surface area contributed by atoms with E-state index in [4.69, 9.17) is 4.98 Å². The number of benzene rings is 4. The molecule has 0 amide bonds. The van der Waals surface area contributed by atoms with Gasteiger partial charge in [-0.25, -0.2) is 0 Å². The van der Waals surface area contributed by atoms with Gasteiger partial charge in [0.05, 0.1) is 11.9 Å². The number of pyridine rings is 1. The molecule has 0 fully saturated rings. The SMILES string of the molecule is c1ccc(N2c3cccc4c3B3c5c(cncc52)-c2ccccc2N3c2ccccc2-4)cc1. The maximum Gasteiger partial charge on any atom is 0.333 e. The first-order valence-corrected chi connectivity index (χ1v) is 11.4. The average molecular weight is 419 g/mol. The molecule has 8 rings (SSSR count). The third-order valence-electron chi connectivity index (χ3n) is 7.26. The molecule has 152 valence electrons. The Labute approximate surface area is 192 Å². The maximum atomic E-state index is 4.73. The molecule has 3 aliphatic rings. The molecule has 0 saturated heterocycles. The Morgan fingerprint density at radius 3 is 1.88 bits per heavy atom. The Balaban J connectivity index is 1.58. The maximum absolute atomic E-state index is 4.73. The summed E-state index contributed by atoms with van der Waals surface area (Å²) in [5.74, 6) is 0. The van der Waals surface area contributed by atoms with Gasteiger partial charge < -0.3 is 9.71 Å². The highest BCUT2D eigenvalue weighted by Crippen LogP contribution is 2.50. The van der Waals surface area contributed by atoms with E-state index in [2.05, 4.69) is 107 Å².